The van der Waals surface area contributed by atoms with Crippen LogP contribution < -0.4 is 38.9 Å². The summed E-state index contributed by atoms with van der Waals surface area (Å²) in [7, 11) is 0. The van der Waals surface area contributed by atoms with Crippen molar-refractivity contribution in [2.24, 2.45) is 33.8 Å². The van der Waals surface area contributed by atoms with Crippen LogP contribution in [0.5, 0.6) is 5.75 Å². The van der Waals surface area contributed by atoms with Crippen LogP contribution in [0.2, 0.25) is 0 Å². The van der Waals surface area contributed by atoms with Crippen LogP contribution in [0.4, 0.5) is 0 Å². The van der Waals surface area contributed by atoms with Gasteiger partial charge in [-0.1, -0.05) is 56.3 Å². The molecular formula is C30H44N8O5. The van der Waals surface area contributed by atoms with Gasteiger partial charge < -0.3 is 44.0 Å². The number of benzene rings is 2. The maximum absolute atomic E-state index is 13.5. The molecule has 43 heavy (non-hydrogen) atoms. The summed E-state index contributed by atoms with van der Waals surface area (Å²) < 4.78 is 0. The first-order valence-corrected chi connectivity index (χ1v) is 14.2. The smallest absolute Gasteiger partial charge is 0.243 e. The van der Waals surface area contributed by atoms with E-state index in [1.807, 2.05) is 44.2 Å². The van der Waals surface area contributed by atoms with Gasteiger partial charge in [-0.2, -0.15) is 0 Å². The zero-order valence-electron chi connectivity index (χ0n) is 24.7. The third-order valence-corrected chi connectivity index (χ3v) is 6.59. The van der Waals surface area contributed by atoms with Gasteiger partial charge in [0.25, 0.3) is 0 Å². The van der Waals surface area contributed by atoms with Gasteiger partial charge in [0.2, 0.25) is 23.6 Å². The summed E-state index contributed by atoms with van der Waals surface area (Å²) in [5, 5.41) is 17.6. The monoisotopic (exact) mass is 596 g/mol. The summed E-state index contributed by atoms with van der Waals surface area (Å²) in [6.07, 6.45) is 1.13. The Morgan fingerprint density at radius 1 is 0.767 bits per heavy atom. The zero-order valence-corrected chi connectivity index (χ0v) is 24.7. The molecule has 2 aromatic carbocycles. The number of rotatable bonds is 17. The van der Waals surface area contributed by atoms with Crippen LogP contribution in [-0.4, -0.2) is 65.4 Å². The van der Waals surface area contributed by atoms with Crippen molar-refractivity contribution in [3.05, 3.63) is 65.7 Å². The second-order valence-electron chi connectivity index (χ2n) is 10.8. The van der Waals surface area contributed by atoms with E-state index in [1.54, 1.807) is 12.1 Å². The number of carbonyl (C=O) groups excluding carboxylic acids is 4. The lowest BCUT2D eigenvalue weighted by atomic mass is 10.0. The van der Waals surface area contributed by atoms with E-state index in [2.05, 4.69) is 20.9 Å². The molecule has 13 nitrogen and oxygen atoms in total. The largest absolute Gasteiger partial charge is 0.508 e. The number of phenolic OH excluding ortho intramolecular Hbond substituents is 1. The average molecular weight is 597 g/mol. The van der Waals surface area contributed by atoms with E-state index in [-0.39, 0.29) is 49.9 Å². The maximum atomic E-state index is 13.5. The van der Waals surface area contributed by atoms with E-state index in [4.69, 9.17) is 22.9 Å². The number of guanidine groups is 1. The second-order valence-corrected chi connectivity index (χ2v) is 10.8. The van der Waals surface area contributed by atoms with E-state index >= 15 is 0 Å². The van der Waals surface area contributed by atoms with Crippen molar-refractivity contribution in [3.8, 4) is 5.75 Å². The molecule has 2 rings (SSSR count). The minimum absolute atomic E-state index is 0.0173. The van der Waals surface area contributed by atoms with Crippen LogP contribution in [0, 0.1) is 5.92 Å². The molecule has 0 saturated carbocycles. The number of phenols is 1. The van der Waals surface area contributed by atoms with E-state index in [0.717, 1.165) is 11.1 Å². The molecule has 2 aromatic rings. The Bertz CT molecular complexity index is 1230. The molecule has 0 aliphatic carbocycles. The second kappa shape index (κ2) is 17.3. The summed E-state index contributed by atoms with van der Waals surface area (Å²) in [6, 6.07) is 11.3. The Morgan fingerprint density at radius 3 is 1.91 bits per heavy atom. The van der Waals surface area contributed by atoms with Crippen molar-refractivity contribution in [1.82, 2.24) is 16.0 Å². The Kier molecular flexibility index (Phi) is 13.9. The number of nitrogens with zero attached hydrogens (tertiary/aromatic N) is 1. The normalized spacial score (nSPS) is 13.7. The van der Waals surface area contributed by atoms with Crippen molar-refractivity contribution < 1.29 is 24.3 Å². The Hall–Kier alpha value is -4.65. The van der Waals surface area contributed by atoms with Gasteiger partial charge in [0.15, 0.2) is 5.96 Å². The van der Waals surface area contributed by atoms with Crippen LogP contribution >= 0.6 is 0 Å². The summed E-state index contributed by atoms with van der Waals surface area (Å²) in [5.74, 6) is -2.46. The number of aliphatic imine (C=N–C) groups is 1. The molecule has 0 aliphatic rings. The van der Waals surface area contributed by atoms with Crippen molar-refractivity contribution in [3.63, 3.8) is 0 Å². The van der Waals surface area contributed by atoms with Crippen LogP contribution in [0.25, 0.3) is 0 Å². The molecule has 13 heteroatoms. The highest BCUT2D eigenvalue weighted by atomic mass is 16.3. The lowest BCUT2D eigenvalue weighted by Gasteiger charge is -2.26. The molecular weight excluding hydrogens is 552 g/mol. The predicted octanol–water partition coefficient (Wildman–Crippen LogP) is -0.456. The van der Waals surface area contributed by atoms with Gasteiger partial charge in [0.05, 0.1) is 6.04 Å². The summed E-state index contributed by atoms with van der Waals surface area (Å²) >= 11 is 0. The Morgan fingerprint density at radius 2 is 1.33 bits per heavy atom. The number of nitrogens with one attached hydrogen (secondary N) is 3. The molecule has 0 aliphatic heterocycles. The van der Waals surface area contributed by atoms with Crippen LogP contribution in [0.3, 0.4) is 0 Å². The Balaban J connectivity index is 2.17. The summed E-state index contributed by atoms with van der Waals surface area (Å²) in [6.45, 7) is 4.00. The van der Waals surface area contributed by atoms with Crippen LogP contribution in [0.15, 0.2) is 59.6 Å². The number of amides is 4. The fraction of sp³-hybridized carbons (Fsp3) is 0.433. The number of hydrogen-bond acceptors (Lipinski definition) is 7. The molecule has 0 radical (unpaired) electrons. The molecule has 0 saturated heterocycles. The van der Waals surface area contributed by atoms with E-state index < -0.39 is 47.8 Å². The summed E-state index contributed by atoms with van der Waals surface area (Å²) in [4.78, 5) is 55.9. The molecule has 0 fully saturated rings. The van der Waals surface area contributed by atoms with Crippen molar-refractivity contribution in [2.45, 2.75) is 70.1 Å². The lowest BCUT2D eigenvalue weighted by Crippen LogP contribution is -2.58. The first-order valence-electron chi connectivity index (χ1n) is 14.2. The first kappa shape index (κ1) is 34.6. The highest BCUT2D eigenvalue weighted by molar-refractivity contribution is 5.94. The molecule has 4 amide bonds. The van der Waals surface area contributed by atoms with Gasteiger partial charge in [-0.3, -0.25) is 24.2 Å². The fourth-order valence-electron chi connectivity index (χ4n) is 4.35. The molecule has 0 aromatic heterocycles. The first-order chi connectivity index (χ1) is 20.3. The molecule has 0 unspecified atom stereocenters. The highest BCUT2D eigenvalue weighted by Gasteiger charge is 2.30. The number of primary amides is 1. The minimum Gasteiger partial charge on any atom is -0.508 e. The van der Waals surface area contributed by atoms with Crippen molar-refractivity contribution in [2.75, 3.05) is 6.54 Å². The third-order valence-electron chi connectivity index (χ3n) is 6.59. The number of nitrogens with two attached hydrogens (primary N) is 4. The van der Waals surface area contributed by atoms with E-state index in [1.165, 1.54) is 12.1 Å². The number of hydrogen-bond donors (Lipinski definition) is 8. The van der Waals surface area contributed by atoms with Gasteiger partial charge in [0, 0.05) is 13.0 Å². The topological polar surface area (TPSA) is 241 Å². The van der Waals surface area contributed by atoms with Crippen LogP contribution in [0.1, 0.15) is 44.2 Å². The zero-order chi connectivity index (χ0) is 31.9. The SMILES string of the molecule is CC(C)C[C@H](NC(=O)[C@@H](N)Cc1ccc(O)cc1)C(=O)N[C@@H](CCCN=C(N)N)C(=O)N[C@@H](Cc1ccccc1)C(N)=O. The van der Waals surface area contributed by atoms with Gasteiger partial charge in [0.1, 0.15) is 23.9 Å². The molecule has 234 valence electrons. The predicted molar refractivity (Wildman–Crippen MR) is 164 cm³/mol. The molecule has 0 spiro atoms. The third kappa shape index (κ3) is 12.8. The van der Waals surface area contributed by atoms with E-state index in [0.29, 0.717) is 6.42 Å². The van der Waals surface area contributed by atoms with Crippen molar-refractivity contribution >= 4 is 29.6 Å². The quantitative estimate of drug-likeness (QED) is 0.0673. The molecule has 4 atom stereocenters. The van der Waals surface area contributed by atoms with Gasteiger partial charge in [-0.15, -0.1) is 0 Å². The van der Waals surface area contributed by atoms with Crippen molar-refractivity contribution in [1.29, 1.82) is 0 Å². The maximum Gasteiger partial charge on any atom is 0.243 e. The van der Waals surface area contributed by atoms with Gasteiger partial charge in [-0.05, 0) is 54.9 Å². The Labute approximate surface area is 251 Å². The van der Waals surface area contributed by atoms with E-state index in [9.17, 15) is 24.3 Å². The van der Waals surface area contributed by atoms with Crippen LogP contribution in [-0.2, 0) is 32.0 Å². The fourth-order valence-corrected chi connectivity index (χ4v) is 4.35. The molecule has 0 heterocycles. The lowest BCUT2D eigenvalue weighted by molar-refractivity contribution is -0.133. The number of carbonyl (C=O) groups is 4. The minimum atomic E-state index is -1.07. The average Bonchev–Trinajstić information content (AvgIpc) is 2.95. The van der Waals surface area contributed by atoms with Gasteiger partial charge in [-0.25, -0.2) is 0 Å². The van der Waals surface area contributed by atoms with Gasteiger partial charge >= 0.3 is 0 Å². The molecule has 0 bridgehead atoms. The highest BCUT2D eigenvalue weighted by Crippen LogP contribution is 2.12. The summed E-state index contributed by atoms with van der Waals surface area (Å²) in [5.41, 5.74) is 24.0. The number of aromatic hydroxyl groups is 1. The standard InChI is InChI=1S/C30H44N8O5/c1-18(2)15-25(38-27(41)22(31)16-20-10-12-21(39)13-11-20)29(43)36-23(9-6-14-35-30(33)34)28(42)37-24(26(32)40)17-19-7-4-3-5-8-19/h3-5,7-8,10-13,18,22-25,39H,6,9,14-17,31H2,1-2H3,(H2,32,40)(H,36,43)(H,37,42)(H,38,41)(H4,33,34,35)/t22-,23-,24-,25-/m0/s1. The molecule has 12 N–H and O–H groups in total.